The van der Waals surface area contributed by atoms with E-state index in [1.165, 1.54) is 10.9 Å². The van der Waals surface area contributed by atoms with E-state index >= 15 is 0 Å². The smallest absolute Gasteiger partial charge is 0.260 e. The highest BCUT2D eigenvalue weighted by Crippen LogP contribution is 2.25. The van der Waals surface area contributed by atoms with Gasteiger partial charge in [0.05, 0.1) is 23.3 Å². The number of fused-ring (bicyclic) bond motifs is 1. The Bertz CT molecular complexity index is 749. The molecule has 0 fully saturated rings. The molecule has 0 bridgehead atoms. The van der Waals surface area contributed by atoms with Gasteiger partial charge >= 0.3 is 0 Å². The molecule has 0 radical (unpaired) electrons. The molecule has 0 aliphatic rings. The Morgan fingerprint density at radius 1 is 1.36 bits per heavy atom. The molecular weight excluding hydrogens is 298 g/mol. The minimum absolute atomic E-state index is 0.0703. The molecule has 2 unspecified atom stereocenters. The number of nitrogens with zero attached hydrogens (tertiary/aromatic N) is 2. The molecule has 6 heteroatoms. The minimum atomic E-state index is -1.19. The molecule has 2 atom stereocenters. The molecule has 0 saturated heterocycles. The molecule has 22 heavy (non-hydrogen) atoms. The second-order valence-corrected chi connectivity index (χ2v) is 8.63. The Kier molecular flexibility index (Phi) is 4.65. The first kappa shape index (κ1) is 17.0. The fourth-order valence-corrected chi connectivity index (χ4v) is 3.03. The third-order valence-electron chi connectivity index (χ3n) is 3.50. The Labute approximate surface area is 134 Å². The van der Waals surface area contributed by atoms with E-state index in [2.05, 4.69) is 9.71 Å². The Hall–Kier alpha value is -1.37. The van der Waals surface area contributed by atoms with Gasteiger partial charge in [0, 0.05) is 24.0 Å². The maximum atomic E-state index is 12.3. The molecule has 1 aromatic carbocycles. The fraction of sp³-hybridized carbons (Fsp3) is 0.500. The van der Waals surface area contributed by atoms with E-state index in [0.29, 0.717) is 10.9 Å². The van der Waals surface area contributed by atoms with Gasteiger partial charge in [0.2, 0.25) is 0 Å². The second-order valence-electron chi connectivity index (χ2n) is 6.63. The SMILES string of the molecule is Cc1cc(C(C)N[S+]([O-])C(C)(C)C)c2ncn(C)c(=O)c2c1. The lowest BCUT2D eigenvalue weighted by Crippen LogP contribution is -2.40. The summed E-state index contributed by atoms with van der Waals surface area (Å²) in [6.07, 6.45) is 1.52. The van der Waals surface area contributed by atoms with E-state index in [1.54, 1.807) is 7.05 Å². The summed E-state index contributed by atoms with van der Waals surface area (Å²) in [7, 11) is 1.69. The molecule has 0 amide bonds. The van der Waals surface area contributed by atoms with Crippen LogP contribution in [0.5, 0.6) is 0 Å². The summed E-state index contributed by atoms with van der Waals surface area (Å²) in [5.74, 6) is 0. The molecule has 1 heterocycles. The van der Waals surface area contributed by atoms with Gasteiger partial charge in [0.15, 0.2) is 0 Å². The van der Waals surface area contributed by atoms with Crippen molar-refractivity contribution in [1.82, 2.24) is 14.3 Å². The molecule has 0 aliphatic carbocycles. The van der Waals surface area contributed by atoms with E-state index < -0.39 is 11.4 Å². The molecule has 0 spiro atoms. The van der Waals surface area contributed by atoms with Crippen LogP contribution in [-0.2, 0) is 18.4 Å². The van der Waals surface area contributed by atoms with Gasteiger partial charge in [0.25, 0.3) is 5.56 Å². The first-order valence-electron chi connectivity index (χ1n) is 7.25. The first-order valence-corrected chi connectivity index (χ1v) is 8.40. The third kappa shape index (κ3) is 3.34. The summed E-state index contributed by atoms with van der Waals surface area (Å²) >= 11 is -1.19. The van der Waals surface area contributed by atoms with E-state index in [1.807, 2.05) is 46.8 Å². The molecule has 1 N–H and O–H groups in total. The summed E-state index contributed by atoms with van der Waals surface area (Å²) in [4.78, 5) is 16.7. The van der Waals surface area contributed by atoms with Gasteiger partial charge in [-0.15, -0.1) is 4.72 Å². The molecule has 2 aromatic rings. The Morgan fingerprint density at radius 3 is 2.59 bits per heavy atom. The molecule has 0 saturated carbocycles. The van der Waals surface area contributed by atoms with Crippen molar-refractivity contribution in [3.05, 3.63) is 39.9 Å². The van der Waals surface area contributed by atoms with Crippen LogP contribution in [-0.4, -0.2) is 18.9 Å². The van der Waals surface area contributed by atoms with Crippen molar-refractivity contribution in [3.63, 3.8) is 0 Å². The predicted octanol–water partition coefficient (Wildman–Crippen LogP) is 2.35. The summed E-state index contributed by atoms with van der Waals surface area (Å²) in [5.41, 5.74) is 2.48. The van der Waals surface area contributed by atoms with Crippen molar-refractivity contribution >= 4 is 22.3 Å². The van der Waals surface area contributed by atoms with Gasteiger partial charge < -0.3 is 9.12 Å². The lowest BCUT2D eigenvalue weighted by Gasteiger charge is -2.27. The van der Waals surface area contributed by atoms with Crippen molar-refractivity contribution in [3.8, 4) is 0 Å². The van der Waals surface area contributed by atoms with Crippen LogP contribution >= 0.6 is 0 Å². The normalized spacial score (nSPS) is 15.0. The van der Waals surface area contributed by atoms with Crippen LogP contribution in [0.15, 0.2) is 23.3 Å². The Morgan fingerprint density at radius 2 is 2.00 bits per heavy atom. The van der Waals surface area contributed by atoms with Gasteiger partial charge in [-0.2, -0.15) is 0 Å². The maximum Gasteiger partial charge on any atom is 0.260 e. The summed E-state index contributed by atoms with van der Waals surface area (Å²) < 4.78 is 16.5. The number of benzene rings is 1. The van der Waals surface area contributed by atoms with Gasteiger partial charge in [-0.05, 0) is 46.2 Å². The number of aryl methyl sites for hydroxylation is 2. The van der Waals surface area contributed by atoms with Gasteiger partial charge in [0.1, 0.15) is 4.75 Å². The van der Waals surface area contributed by atoms with Gasteiger partial charge in [-0.1, -0.05) is 6.07 Å². The van der Waals surface area contributed by atoms with Crippen molar-refractivity contribution < 1.29 is 4.55 Å². The number of nitrogens with one attached hydrogen (secondary N) is 1. The molecule has 0 aliphatic heterocycles. The van der Waals surface area contributed by atoms with E-state index in [4.69, 9.17) is 0 Å². The highest BCUT2D eigenvalue weighted by molar-refractivity contribution is 7.90. The summed E-state index contributed by atoms with van der Waals surface area (Å²) in [5, 5.41) is 0.593. The lowest BCUT2D eigenvalue weighted by atomic mass is 10.0. The fourth-order valence-electron chi connectivity index (χ4n) is 2.23. The molecule has 2 rings (SSSR count). The van der Waals surface area contributed by atoms with Crippen LogP contribution in [0.2, 0.25) is 0 Å². The van der Waals surface area contributed by atoms with Crippen molar-refractivity contribution in [2.24, 2.45) is 7.05 Å². The van der Waals surface area contributed by atoms with Crippen LogP contribution in [0.3, 0.4) is 0 Å². The number of aromatic nitrogens is 2. The topological polar surface area (TPSA) is 70.0 Å². The number of hydrogen-bond donors (Lipinski definition) is 1. The zero-order valence-corrected chi connectivity index (χ0v) is 14.7. The van der Waals surface area contributed by atoms with E-state index in [-0.39, 0.29) is 16.3 Å². The second kappa shape index (κ2) is 6.02. The van der Waals surface area contributed by atoms with Crippen LogP contribution < -0.4 is 10.3 Å². The highest BCUT2D eigenvalue weighted by Gasteiger charge is 2.29. The van der Waals surface area contributed by atoms with Crippen LogP contribution in [0.25, 0.3) is 10.9 Å². The summed E-state index contributed by atoms with van der Waals surface area (Å²) in [6.45, 7) is 9.65. The lowest BCUT2D eigenvalue weighted by molar-refractivity contribution is 0.531. The third-order valence-corrected chi connectivity index (χ3v) is 5.18. The van der Waals surface area contributed by atoms with E-state index in [9.17, 15) is 9.35 Å². The van der Waals surface area contributed by atoms with Crippen LogP contribution in [0, 0.1) is 6.92 Å². The first-order chi connectivity index (χ1) is 10.1. The monoisotopic (exact) mass is 321 g/mol. The Balaban J connectivity index is 2.51. The van der Waals surface area contributed by atoms with Crippen molar-refractivity contribution in [1.29, 1.82) is 0 Å². The zero-order chi connectivity index (χ0) is 16.7. The predicted molar refractivity (Wildman–Crippen MR) is 91.2 cm³/mol. The number of rotatable bonds is 3. The molecule has 5 nitrogen and oxygen atoms in total. The average Bonchev–Trinajstić information content (AvgIpc) is 2.41. The van der Waals surface area contributed by atoms with Crippen LogP contribution in [0.4, 0.5) is 0 Å². The molecular formula is C16H23N3O2S. The average molecular weight is 321 g/mol. The van der Waals surface area contributed by atoms with Crippen LogP contribution in [0.1, 0.15) is 44.9 Å². The van der Waals surface area contributed by atoms with E-state index in [0.717, 1.165) is 11.1 Å². The van der Waals surface area contributed by atoms with Crippen molar-refractivity contribution in [2.75, 3.05) is 0 Å². The zero-order valence-electron chi connectivity index (χ0n) is 13.9. The van der Waals surface area contributed by atoms with Gasteiger partial charge in [-0.3, -0.25) is 4.79 Å². The minimum Gasteiger partial charge on any atom is -0.598 e. The largest absolute Gasteiger partial charge is 0.598 e. The summed E-state index contributed by atoms with van der Waals surface area (Å²) in [6, 6.07) is 3.68. The quantitative estimate of drug-likeness (QED) is 0.881. The number of hydrogen-bond acceptors (Lipinski definition) is 4. The molecule has 1 aromatic heterocycles. The van der Waals surface area contributed by atoms with Gasteiger partial charge in [-0.25, -0.2) is 4.98 Å². The highest BCUT2D eigenvalue weighted by atomic mass is 32.2. The van der Waals surface area contributed by atoms with Crippen molar-refractivity contribution in [2.45, 2.75) is 45.4 Å². The maximum absolute atomic E-state index is 12.3. The standard InChI is InChI=1S/C16H23N3O2S/c1-10-7-12(11(2)18-22(21)16(3,4)5)14-13(8-10)15(20)19(6)9-17-14/h7-9,11,18H,1-6H3. The molecule has 120 valence electrons.